The van der Waals surface area contributed by atoms with Crippen molar-refractivity contribution < 1.29 is 29.5 Å². The number of rotatable bonds is 7. The van der Waals surface area contributed by atoms with E-state index in [1.807, 2.05) is 0 Å². The van der Waals surface area contributed by atoms with Crippen LogP contribution in [0.3, 0.4) is 0 Å². The summed E-state index contributed by atoms with van der Waals surface area (Å²) in [6, 6.07) is 4.81. The van der Waals surface area contributed by atoms with Crippen LogP contribution < -0.4 is 5.43 Å². The van der Waals surface area contributed by atoms with Crippen LogP contribution in [0.5, 0.6) is 0 Å². The van der Waals surface area contributed by atoms with Gasteiger partial charge in [-0.15, -0.1) is 0 Å². The molecular weight excluding hydrogens is 286 g/mol. The first kappa shape index (κ1) is 15.8. The van der Waals surface area contributed by atoms with E-state index in [2.05, 4.69) is 10.5 Å². The predicted molar refractivity (Wildman–Crippen MR) is 69.0 cm³/mol. The van der Waals surface area contributed by atoms with Gasteiger partial charge in [-0.25, -0.2) is 4.79 Å². The Hall–Kier alpha value is -3.30. The molecule has 0 amide bonds. The number of carboxylic acids is 2. The van der Waals surface area contributed by atoms with Crippen LogP contribution in [0.15, 0.2) is 29.4 Å². The molecule has 0 bridgehead atoms. The van der Waals surface area contributed by atoms with E-state index in [4.69, 9.17) is 10.2 Å². The minimum Gasteiger partial charge on any atom is -0.481 e. The summed E-state index contributed by atoms with van der Waals surface area (Å²) >= 11 is 0. The normalized spacial score (nSPS) is 10.8. The van der Waals surface area contributed by atoms with E-state index in [0.29, 0.717) is 0 Å². The maximum atomic E-state index is 11.3. The Morgan fingerprint density at radius 3 is 2.19 bits per heavy atom. The zero-order chi connectivity index (χ0) is 16.0. The maximum Gasteiger partial charge on any atom is 0.360 e. The third-order valence-electron chi connectivity index (χ3n) is 2.15. The Morgan fingerprint density at radius 2 is 1.76 bits per heavy atom. The lowest BCUT2D eigenvalue weighted by molar-refractivity contribution is -0.384. The van der Waals surface area contributed by atoms with Gasteiger partial charge in [0.05, 0.1) is 10.6 Å². The van der Waals surface area contributed by atoms with Crippen LogP contribution in [0, 0.1) is 10.1 Å². The van der Waals surface area contributed by atoms with E-state index in [-0.39, 0.29) is 11.4 Å². The third kappa shape index (κ3) is 4.70. The molecule has 0 unspecified atom stereocenters. The molecule has 0 spiro atoms. The van der Waals surface area contributed by atoms with E-state index in [9.17, 15) is 24.5 Å². The second kappa shape index (κ2) is 6.75. The molecule has 1 rings (SSSR count). The second-order valence-electron chi connectivity index (χ2n) is 3.68. The number of carbonyl (C=O) groups is 3. The highest BCUT2D eigenvalue weighted by molar-refractivity contribution is 6.65. The average Bonchev–Trinajstić information content (AvgIpc) is 2.38. The summed E-state index contributed by atoms with van der Waals surface area (Å²) in [7, 11) is 0. The molecule has 3 N–H and O–H groups in total. The summed E-state index contributed by atoms with van der Waals surface area (Å²) in [6.07, 6.45) is -1.01. The van der Waals surface area contributed by atoms with Gasteiger partial charge in [-0.3, -0.25) is 25.1 Å². The van der Waals surface area contributed by atoms with Crippen LogP contribution in [0.4, 0.5) is 11.4 Å². The SMILES string of the molecule is O=C(O)CC(=O)/C(=N\Nc1ccc([N+](=O)[O-])cc1)C(=O)O. The summed E-state index contributed by atoms with van der Waals surface area (Å²) in [5, 5.41) is 31.0. The molecule has 0 aliphatic carbocycles. The van der Waals surface area contributed by atoms with Crippen LogP contribution in [0.1, 0.15) is 6.42 Å². The van der Waals surface area contributed by atoms with Crippen molar-refractivity contribution in [3.8, 4) is 0 Å². The van der Waals surface area contributed by atoms with Crippen LogP contribution in [-0.4, -0.2) is 38.6 Å². The smallest absolute Gasteiger partial charge is 0.360 e. The highest BCUT2D eigenvalue weighted by atomic mass is 16.6. The molecule has 0 heterocycles. The lowest BCUT2D eigenvalue weighted by Gasteiger charge is -2.02. The minimum absolute atomic E-state index is 0.176. The first-order chi connectivity index (χ1) is 9.81. The van der Waals surface area contributed by atoms with Crippen LogP contribution in [0.2, 0.25) is 0 Å². The highest BCUT2D eigenvalue weighted by Crippen LogP contribution is 2.15. The van der Waals surface area contributed by atoms with Crippen molar-refractivity contribution in [2.45, 2.75) is 6.42 Å². The first-order valence-electron chi connectivity index (χ1n) is 5.37. The standard InChI is InChI=1S/C11H9N3O7/c15-8(5-9(16)17)10(11(18)19)13-12-6-1-3-7(4-2-6)14(20)21/h1-4,12H,5H2,(H,16,17)(H,18,19)/b13-10+. The molecule has 1 aromatic carbocycles. The molecule has 0 fully saturated rings. The van der Waals surface area contributed by atoms with Gasteiger partial charge in [0.1, 0.15) is 6.42 Å². The van der Waals surface area contributed by atoms with E-state index in [0.717, 1.165) is 12.1 Å². The molecule has 0 aromatic heterocycles. The van der Waals surface area contributed by atoms with Gasteiger partial charge in [-0.05, 0) is 12.1 Å². The Bertz CT molecular complexity index is 621. The molecule has 10 nitrogen and oxygen atoms in total. The number of carboxylic acid groups (broad SMARTS) is 2. The third-order valence-corrected chi connectivity index (χ3v) is 2.15. The Balaban J connectivity index is 2.88. The molecule has 1 aromatic rings. The lowest BCUT2D eigenvalue weighted by atomic mass is 10.2. The number of non-ortho nitro benzene ring substituents is 1. The van der Waals surface area contributed by atoms with Gasteiger partial charge in [0.15, 0.2) is 0 Å². The number of anilines is 1. The van der Waals surface area contributed by atoms with Gasteiger partial charge < -0.3 is 10.2 Å². The zero-order valence-electron chi connectivity index (χ0n) is 10.3. The van der Waals surface area contributed by atoms with E-state index >= 15 is 0 Å². The molecule has 0 aliphatic rings. The van der Waals surface area contributed by atoms with Gasteiger partial charge in [0.2, 0.25) is 11.5 Å². The highest BCUT2D eigenvalue weighted by Gasteiger charge is 2.22. The molecule has 0 aliphatic heterocycles. The average molecular weight is 295 g/mol. The quantitative estimate of drug-likeness (QED) is 0.283. The second-order valence-corrected chi connectivity index (χ2v) is 3.68. The van der Waals surface area contributed by atoms with Crippen molar-refractivity contribution in [3.63, 3.8) is 0 Å². The summed E-state index contributed by atoms with van der Waals surface area (Å²) in [6.45, 7) is 0. The van der Waals surface area contributed by atoms with Crippen molar-refractivity contribution in [3.05, 3.63) is 34.4 Å². The molecule has 0 radical (unpaired) electrons. The largest absolute Gasteiger partial charge is 0.481 e. The van der Waals surface area contributed by atoms with E-state index < -0.39 is 34.8 Å². The van der Waals surface area contributed by atoms with Gasteiger partial charge in [0.25, 0.3) is 5.69 Å². The fourth-order valence-electron chi connectivity index (χ4n) is 1.23. The molecule has 0 atom stereocenters. The van der Waals surface area contributed by atoms with E-state index in [1.165, 1.54) is 12.1 Å². The van der Waals surface area contributed by atoms with Crippen molar-refractivity contribution in [2.75, 3.05) is 5.43 Å². The number of nitro groups is 1. The minimum atomic E-state index is -1.68. The monoisotopic (exact) mass is 295 g/mol. The summed E-state index contributed by atoms with van der Waals surface area (Å²) in [5.74, 6) is -4.34. The predicted octanol–water partition coefficient (Wildman–Crippen LogP) is 0.491. The molecule has 0 saturated heterocycles. The number of nitrogens with zero attached hydrogens (tertiary/aromatic N) is 2. The number of hydrazone groups is 1. The van der Waals surface area contributed by atoms with Crippen molar-refractivity contribution in [1.29, 1.82) is 0 Å². The van der Waals surface area contributed by atoms with Crippen molar-refractivity contribution in [2.24, 2.45) is 5.10 Å². The van der Waals surface area contributed by atoms with Gasteiger partial charge >= 0.3 is 11.9 Å². The molecule has 10 heteroatoms. The summed E-state index contributed by atoms with van der Waals surface area (Å²) < 4.78 is 0. The number of benzene rings is 1. The zero-order valence-corrected chi connectivity index (χ0v) is 10.3. The van der Waals surface area contributed by atoms with Gasteiger partial charge in [-0.1, -0.05) is 0 Å². The molecule has 21 heavy (non-hydrogen) atoms. The van der Waals surface area contributed by atoms with Gasteiger partial charge in [0, 0.05) is 12.1 Å². The summed E-state index contributed by atoms with van der Waals surface area (Å²) in [4.78, 5) is 42.3. The number of nitro benzene ring substituents is 1. The number of ketones is 1. The molecular formula is C11H9N3O7. The summed E-state index contributed by atoms with van der Waals surface area (Å²) in [5.41, 5.74) is 1.26. The number of carbonyl (C=O) groups excluding carboxylic acids is 1. The number of Topliss-reactive ketones (excluding diaryl/α,β-unsaturated/α-hetero) is 1. The van der Waals surface area contributed by atoms with Crippen LogP contribution >= 0.6 is 0 Å². The Morgan fingerprint density at radius 1 is 1.19 bits per heavy atom. The van der Waals surface area contributed by atoms with E-state index in [1.54, 1.807) is 0 Å². The first-order valence-corrected chi connectivity index (χ1v) is 5.37. The van der Waals surface area contributed by atoms with Crippen molar-refractivity contribution >= 4 is 34.8 Å². The van der Waals surface area contributed by atoms with Crippen LogP contribution in [0.25, 0.3) is 0 Å². The van der Waals surface area contributed by atoms with Crippen LogP contribution in [-0.2, 0) is 14.4 Å². The Kier molecular flexibility index (Phi) is 5.06. The fraction of sp³-hybridized carbons (Fsp3) is 0.0909. The number of aliphatic carboxylic acids is 2. The Labute approximate surface area is 116 Å². The topological polar surface area (TPSA) is 159 Å². The number of hydrogen-bond donors (Lipinski definition) is 3. The number of nitrogens with one attached hydrogen (secondary N) is 1. The van der Waals surface area contributed by atoms with Crippen molar-refractivity contribution in [1.82, 2.24) is 0 Å². The van der Waals surface area contributed by atoms with Gasteiger partial charge in [-0.2, -0.15) is 5.10 Å². The maximum absolute atomic E-state index is 11.3. The number of hydrogen-bond acceptors (Lipinski definition) is 7. The fourth-order valence-corrected chi connectivity index (χ4v) is 1.23. The molecule has 110 valence electrons. The molecule has 0 saturated carbocycles. The lowest BCUT2D eigenvalue weighted by Crippen LogP contribution is -2.27.